The van der Waals surface area contributed by atoms with Gasteiger partial charge in [-0.1, -0.05) is 26.0 Å². The summed E-state index contributed by atoms with van der Waals surface area (Å²) in [7, 11) is 0. The van der Waals surface area contributed by atoms with Crippen LogP contribution in [0.5, 0.6) is 5.75 Å². The van der Waals surface area contributed by atoms with Crippen LogP contribution in [0.3, 0.4) is 0 Å². The molecule has 2 aromatic carbocycles. The van der Waals surface area contributed by atoms with Gasteiger partial charge in [0.05, 0.1) is 6.61 Å². The number of carbonyl (C=O) groups excluding carboxylic acids is 3. The molecule has 0 radical (unpaired) electrons. The van der Waals surface area contributed by atoms with Gasteiger partial charge in [0.15, 0.2) is 12.4 Å². The first-order valence-electron chi connectivity index (χ1n) is 9.88. The third kappa shape index (κ3) is 7.91. The van der Waals surface area contributed by atoms with Crippen molar-refractivity contribution in [1.82, 2.24) is 0 Å². The van der Waals surface area contributed by atoms with E-state index in [4.69, 9.17) is 9.47 Å². The first-order chi connectivity index (χ1) is 14.4. The highest BCUT2D eigenvalue weighted by atomic mass is 16.5. The van der Waals surface area contributed by atoms with Crippen LogP contribution >= 0.6 is 0 Å². The molecule has 6 heteroatoms. The monoisotopic (exact) mass is 409 g/mol. The Bertz CT molecular complexity index is 883. The number of hydrogen-bond donors (Lipinski definition) is 1. The van der Waals surface area contributed by atoms with Crippen molar-refractivity contribution in [2.45, 2.75) is 27.2 Å². The summed E-state index contributed by atoms with van der Waals surface area (Å²) < 4.78 is 10.4. The lowest BCUT2D eigenvalue weighted by molar-refractivity contribution is -0.136. The number of nitrogens with one attached hydrogen (secondary N) is 1. The van der Waals surface area contributed by atoms with Crippen LogP contribution in [0.1, 0.15) is 43.1 Å². The van der Waals surface area contributed by atoms with Gasteiger partial charge < -0.3 is 14.8 Å². The fourth-order valence-electron chi connectivity index (χ4n) is 2.60. The molecule has 30 heavy (non-hydrogen) atoms. The molecule has 0 unspecified atom stereocenters. The lowest BCUT2D eigenvalue weighted by Gasteiger charge is -2.08. The Hall–Kier alpha value is -3.41. The molecule has 0 heterocycles. The number of anilines is 1. The summed E-state index contributed by atoms with van der Waals surface area (Å²) in [6.45, 7) is 6.08. The zero-order chi connectivity index (χ0) is 21.9. The van der Waals surface area contributed by atoms with Gasteiger partial charge in [-0.25, -0.2) is 4.79 Å². The molecule has 0 aliphatic carbocycles. The molecule has 0 atom stereocenters. The van der Waals surface area contributed by atoms with E-state index in [0.29, 0.717) is 24.3 Å². The number of benzene rings is 2. The molecule has 0 aliphatic rings. The highest BCUT2D eigenvalue weighted by Gasteiger charge is 2.10. The average Bonchev–Trinajstić information content (AvgIpc) is 2.71. The maximum atomic E-state index is 12.2. The minimum atomic E-state index is -0.602. The number of esters is 1. The smallest absolute Gasteiger partial charge is 0.331 e. The zero-order valence-corrected chi connectivity index (χ0v) is 17.5. The Balaban J connectivity index is 1.81. The second-order valence-corrected chi connectivity index (χ2v) is 7.09. The fraction of sp³-hybridized carbons (Fsp3) is 0.292. The lowest BCUT2D eigenvalue weighted by Crippen LogP contribution is -2.14. The van der Waals surface area contributed by atoms with Crippen LogP contribution in [-0.4, -0.2) is 30.9 Å². The number of amides is 1. The Morgan fingerprint density at radius 3 is 2.27 bits per heavy atom. The molecule has 2 rings (SSSR count). The first-order valence-corrected chi connectivity index (χ1v) is 9.88. The predicted molar refractivity (Wildman–Crippen MR) is 116 cm³/mol. The van der Waals surface area contributed by atoms with E-state index in [2.05, 4.69) is 5.32 Å². The van der Waals surface area contributed by atoms with E-state index in [9.17, 15) is 14.4 Å². The highest BCUT2D eigenvalue weighted by Crippen LogP contribution is 2.14. The molecule has 0 fully saturated rings. The zero-order valence-electron chi connectivity index (χ0n) is 17.5. The number of ether oxygens (including phenoxy) is 2. The number of Topliss-reactive ketones (excluding diaryl/α,β-unsaturated/α-hetero) is 1. The maximum absolute atomic E-state index is 12.2. The molecule has 0 bridgehead atoms. The van der Waals surface area contributed by atoms with Crippen molar-refractivity contribution >= 4 is 29.4 Å². The quantitative estimate of drug-likeness (QED) is 0.355. The molecule has 158 valence electrons. The minimum absolute atomic E-state index is 0.0719. The van der Waals surface area contributed by atoms with Gasteiger partial charge in [0, 0.05) is 23.7 Å². The van der Waals surface area contributed by atoms with Crippen LogP contribution in [0.4, 0.5) is 5.69 Å². The van der Waals surface area contributed by atoms with Gasteiger partial charge in [0.1, 0.15) is 5.75 Å². The number of hydrogen-bond acceptors (Lipinski definition) is 5. The summed E-state index contributed by atoms with van der Waals surface area (Å²) in [6, 6.07) is 13.8. The highest BCUT2D eigenvalue weighted by molar-refractivity contribution is 5.99. The molecule has 6 nitrogen and oxygen atoms in total. The van der Waals surface area contributed by atoms with E-state index in [1.807, 2.05) is 45.0 Å². The van der Waals surface area contributed by atoms with Gasteiger partial charge in [-0.2, -0.15) is 0 Å². The Labute approximate surface area is 176 Å². The molecule has 0 aromatic heterocycles. The molecular weight excluding hydrogens is 382 g/mol. The predicted octanol–water partition coefficient (Wildman–Crippen LogP) is 4.51. The van der Waals surface area contributed by atoms with E-state index < -0.39 is 5.97 Å². The van der Waals surface area contributed by atoms with Crippen LogP contribution in [-0.2, 0) is 14.3 Å². The third-order valence-corrected chi connectivity index (χ3v) is 4.03. The van der Waals surface area contributed by atoms with Gasteiger partial charge in [-0.3, -0.25) is 9.59 Å². The number of carbonyl (C=O) groups is 3. The summed E-state index contributed by atoms with van der Waals surface area (Å²) in [5, 5.41) is 2.78. The van der Waals surface area contributed by atoms with Crippen LogP contribution in [0.2, 0.25) is 0 Å². The molecule has 2 aromatic rings. The first kappa shape index (κ1) is 22.9. The van der Waals surface area contributed by atoms with Crippen LogP contribution in [0, 0.1) is 5.92 Å². The van der Waals surface area contributed by atoms with Crippen LogP contribution in [0.15, 0.2) is 54.6 Å². The summed E-state index contributed by atoms with van der Waals surface area (Å²) in [6.07, 6.45) is 3.31. The second-order valence-electron chi connectivity index (χ2n) is 7.09. The Kier molecular flexibility index (Phi) is 8.81. The molecule has 0 saturated carbocycles. The van der Waals surface area contributed by atoms with Crippen LogP contribution in [0.25, 0.3) is 6.08 Å². The van der Waals surface area contributed by atoms with E-state index >= 15 is 0 Å². The van der Waals surface area contributed by atoms with Crippen molar-refractivity contribution in [3.8, 4) is 5.75 Å². The summed E-state index contributed by atoms with van der Waals surface area (Å²) in [5.41, 5.74) is 1.84. The summed E-state index contributed by atoms with van der Waals surface area (Å²) in [4.78, 5) is 35.8. The maximum Gasteiger partial charge on any atom is 0.331 e. The minimum Gasteiger partial charge on any atom is -0.494 e. The standard InChI is InChI=1S/C24H27NO5/c1-4-29-21-12-5-18(6-13-21)7-14-24(28)30-16-22(26)19-8-10-20(11-9-19)25-23(27)15-17(2)3/h5-14,17H,4,15-16H2,1-3H3,(H,25,27)/b14-7+. The molecule has 1 amide bonds. The lowest BCUT2D eigenvalue weighted by atomic mass is 10.1. The van der Waals surface area contributed by atoms with Crippen molar-refractivity contribution in [2.75, 3.05) is 18.5 Å². The van der Waals surface area contributed by atoms with Gasteiger partial charge in [0.25, 0.3) is 0 Å². The fourth-order valence-corrected chi connectivity index (χ4v) is 2.60. The molecule has 0 spiro atoms. The van der Waals surface area contributed by atoms with E-state index in [1.54, 1.807) is 30.3 Å². The summed E-state index contributed by atoms with van der Waals surface area (Å²) >= 11 is 0. The van der Waals surface area contributed by atoms with Gasteiger partial charge >= 0.3 is 5.97 Å². The molecule has 0 aliphatic heterocycles. The van der Waals surface area contributed by atoms with Gasteiger partial charge in [-0.05, 0) is 60.9 Å². The Morgan fingerprint density at radius 1 is 1.00 bits per heavy atom. The second kappa shape index (κ2) is 11.6. The molecule has 0 saturated heterocycles. The van der Waals surface area contributed by atoms with E-state index in [-0.39, 0.29) is 24.2 Å². The molecular formula is C24H27NO5. The summed E-state index contributed by atoms with van der Waals surface area (Å²) in [5.74, 6) is 0.0300. The molecule has 1 N–H and O–H groups in total. The topological polar surface area (TPSA) is 81.7 Å². The van der Waals surface area contributed by atoms with Gasteiger partial charge in [0.2, 0.25) is 5.91 Å². The van der Waals surface area contributed by atoms with Crippen molar-refractivity contribution in [1.29, 1.82) is 0 Å². The number of ketones is 1. The van der Waals surface area contributed by atoms with Crippen molar-refractivity contribution in [3.63, 3.8) is 0 Å². The van der Waals surface area contributed by atoms with E-state index in [0.717, 1.165) is 11.3 Å². The largest absolute Gasteiger partial charge is 0.494 e. The van der Waals surface area contributed by atoms with Crippen molar-refractivity contribution in [2.24, 2.45) is 5.92 Å². The van der Waals surface area contributed by atoms with Crippen molar-refractivity contribution in [3.05, 3.63) is 65.7 Å². The van der Waals surface area contributed by atoms with Crippen LogP contribution < -0.4 is 10.1 Å². The van der Waals surface area contributed by atoms with Gasteiger partial charge in [-0.15, -0.1) is 0 Å². The van der Waals surface area contributed by atoms with E-state index in [1.165, 1.54) is 6.08 Å². The Morgan fingerprint density at radius 2 is 1.67 bits per heavy atom. The third-order valence-electron chi connectivity index (χ3n) is 4.03. The number of rotatable bonds is 10. The normalized spacial score (nSPS) is 10.8. The SMILES string of the molecule is CCOc1ccc(/C=C/C(=O)OCC(=O)c2ccc(NC(=O)CC(C)C)cc2)cc1. The average molecular weight is 409 g/mol. The van der Waals surface area contributed by atoms with Crippen molar-refractivity contribution < 1.29 is 23.9 Å².